The van der Waals surface area contributed by atoms with Gasteiger partial charge in [-0.05, 0) is 49.7 Å². The number of carbonyl (C=O) groups is 2. The molecular formula is C23H24FN5O5. The second-order valence-electron chi connectivity index (χ2n) is 7.47. The summed E-state index contributed by atoms with van der Waals surface area (Å²) in [5.74, 6) is -0.567. The smallest absolute Gasteiger partial charge is 0.409 e. The minimum Gasteiger partial charge on any atom is -0.493 e. The summed E-state index contributed by atoms with van der Waals surface area (Å²) in [6.07, 6.45) is 1.71. The molecule has 0 saturated carbocycles. The normalized spacial score (nSPS) is 13.1. The molecule has 1 aromatic heterocycles. The number of cyclic esters (lactones) is 1. The standard InChI is InChI=1S/C23H24FN5O5/c1-2-29-14-26-22(27-29)19-17(32-12-3-10-28-11-13-33-23(28)31)8-9-18(20(19)24)34-16-6-4-15(5-7-16)21(25)30/h4-9,14H,2-3,10-13H2,1H3,(H2,25,30). The van der Waals surface area contributed by atoms with Crippen LogP contribution in [0.3, 0.4) is 0 Å². The first-order valence-electron chi connectivity index (χ1n) is 10.8. The predicted octanol–water partition coefficient (Wildman–Crippen LogP) is 3.22. The monoisotopic (exact) mass is 469 g/mol. The summed E-state index contributed by atoms with van der Waals surface area (Å²) in [5.41, 5.74) is 5.63. The number of nitrogens with zero attached hydrogens (tertiary/aromatic N) is 4. The molecule has 178 valence electrons. The Labute approximate surface area is 195 Å². The van der Waals surface area contributed by atoms with Gasteiger partial charge in [-0.25, -0.2) is 14.2 Å². The van der Waals surface area contributed by atoms with Crippen molar-refractivity contribution >= 4 is 12.0 Å². The van der Waals surface area contributed by atoms with Crippen molar-refractivity contribution in [2.24, 2.45) is 5.73 Å². The van der Waals surface area contributed by atoms with Gasteiger partial charge in [-0.1, -0.05) is 0 Å². The molecule has 3 aromatic rings. The number of aromatic nitrogens is 3. The number of benzene rings is 2. The van der Waals surface area contributed by atoms with Crippen LogP contribution < -0.4 is 15.2 Å². The number of primary amides is 1. The summed E-state index contributed by atoms with van der Waals surface area (Å²) >= 11 is 0. The topological polar surface area (TPSA) is 122 Å². The average Bonchev–Trinajstić information content (AvgIpc) is 3.47. The molecule has 2 heterocycles. The minimum atomic E-state index is -0.687. The number of rotatable bonds is 10. The average molecular weight is 469 g/mol. The highest BCUT2D eigenvalue weighted by Crippen LogP contribution is 2.37. The van der Waals surface area contributed by atoms with E-state index in [1.54, 1.807) is 15.6 Å². The molecule has 0 bridgehead atoms. The summed E-state index contributed by atoms with van der Waals surface area (Å²) in [7, 11) is 0. The Morgan fingerprint density at radius 1 is 1.21 bits per heavy atom. The molecule has 1 saturated heterocycles. The number of hydrogen-bond acceptors (Lipinski definition) is 7. The van der Waals surface area contributed by atoms with Crippen LogP contribution in [0, 0.1) is 5.82 Å². The zero-order valence-electron chi connectivity index (χ0n) is 18.6. The molecule has 34 heavy (non-hydrogen) atoms. The van der Waals surface area contributed by atoms with E-state index in [9.17, 15) is 9.59 Å². The lowest BCUT2D eigenvalue weighted by atomic mass is 10.1. The van der Waals surface area contributed by atoms with E-state index in [0.29, 0.717) is 44.0 Å². The number of nitrogens with two attached hydrogens (primary N) is 1. The Balaban J connectivity index is 1.55. The van der Waals surface area contributed by atoms with E-state index in [1.807, 2.05) is 6.92 Å². The van der Waals surface area contributed by atoms with Crippen LogP contribution in [0.4, 0.5) is 9.18 Å². The van der Waals surface area contributed by atoms with Crippen LogP contribution in [0.5, 0.6) is 17.2 Å². The molecule has 1 aliphatic heterocycles. The maximum atomic E-state index is 15.6. The van der Waals surface area contributed by atoms with E-state index in [2.05, 4.69) is 10.1 Å². The highest BCUT2D eigenvalue weighted by Gasteiger charge is 2.23. The lowest BCUT2D eigenvalue weighted by Gasteiger charge is -2.15. The number of aryl methyl sites for hydroxylation is 1. The van der Waals surface area contributed by atoms with Crippen LogP contribution in [-0.4, -0.2) is 58.0 Å². The second-order valence-corrected chi connectivity index (χ2v) is 7.47. The molecule has 1 aliphatic rings. The number of amides is 2. The maximum Gasteiger partial charge on any atom is 0.409 e. The number of hydrogen-bond donors (Lipinski definition) is 1. The van der Waals surface area contributed by atoms with E-state index in [1.165, 1.54) is 36.7 Å². The first-order chi connectivity index (χ1) is 16.5. The molecule has 0 radical (unpaired) electrons. The number of carbonyl (C=O) groups excluding carboxylic acids is 2. The van der Waals surface area contributed by atoms with Crippen molar-refractivity contribution < 1.29 is 28.2 Å². The first kappa shape index (κ1) is 23.0. The Kier molecular flexibility index (Phi) is 6.90. The van der Waals surface area contributed by atoms with Gasteiger partial charge in [-0.15, -0.1) is 0 Å². The van der Waals surface area contributed by atoms with Gasteiger partial charge in [0.2, 0.25) is 5.91 Å². The molecule has 2 N–H and O–H groups in total. The summed E-state index contributed by atoms with van der Waals surface area (Å²) in [6.45, 7) is 4.11. The molecule has 1 fully saturated rings. The Morgan fingerprint density at radius 3 is 2.62 bits per heavy atom. The van der Waals surface area contributed by atoms with Crippen LogP contribution in [0.15, 0.2) is 42.7 Å². The molecule has 2 aromatic carbocycles. The zero-order valence-corrected chi connectivity index (χ0v) is 18.6. The van der Waals surface area contributed by atoms with Gasteiger partial charge in [-0.3, -0.25) is 9.48 Å². The first-order valence-corrected chi connectivity index (χ1v) is 10.8. The van der Waals surface area contributed by atoms with Gasteiger partial charge in [0.1, 0.15) is 30.0 Å². The SMILES string of the molecule is CCn1cnc(-c2c(OCCCN3CCOC3=O)ccc(Oc3ccc(C(N)=O)cc3)c2F)n1. The fourth-order valence-electron chi connectivity index (χ4n) is 3.39. The van der Waals surface area contributed by atoms with E-state index in [0.717, 1.165) is 0 Å². The third-order valence-corrected chi connectivity index (χ3v) is 5.19. The molecule has 2 amide bonds. The summed E-state index contributed by atoms with van der Waals surface area (Å²) < 4.78 is 33.6. The molecule has 10 nitrogen and oxygen atoms in total. The van der Waals surface area contributed by atoms with E-state index in [-0.39, 0.29) is 35.6 Å². The van der Waals surface area contributed by atoms with Crippen molar-refractivity contribution in [3.8, 4) is 28.6 Å². The maximum absolute atomic E-state index is 15.6. The van der Waals surface area contributed by atoms with Crippen molar-refractivity contribution in [3.05, 3.63) is 54.1 Å². The van der Waals surface area contributed by atoms with Crippen molar-refractivity contribution in [2.45, 2.75) is 19.9 Å². The quantitative estimate of drug-likeness (QED) is 0.453. The number of halogens is 1. The lowest BCUT2D eigenvalue weighted by Crippen LogP contribution is -2.26. The molecule has 0 spiro atoms. The highest BCUT2D eigenvalue weighted by atomic mass is 19.1. The largest absolute Gasteiger partial charge is 0.493 e. The van der Waals surface area contributed by atoms with Gasteiger partial charge in [0.15, 0.2) is 17.4 Å². The molecule has 11 heteroatoms. The molecular weight excluding hydrogens is 445 g/mol. The van der Waals surface area contributed by atoms with Crippen molar-refractivity contribution in [3.63, 3.8) is 0 Å². The third kappa shape index (κ3) is 5.08. The van der Waals surface area contributed by atoms with Gasteiger partial charge in [0.05, 0.1) is 13.2 Å². The van der Waals surface area contributed by atoms with Gasteiger partial charge in [0, 0.05) is 18.7 Å². The van der Waals surface area contributed by atoms with E-state index >= 15 is 4.39 Å². The van der Waals surface area contributed by atoms with Gasteiger partial charge in [-0.2, -0.15) is 5.10 Å². The van der Waals surface area contributed by atoms with E-state index < -0.39 is 11.7 Å². The Bertz CT molecular complexity index is 1180. The third-order valence-electron chi connectivity index (χ3n) is 5.19. The fraction of sp³-hybridized carbons (Fsp3) is 0.304. The summed E-state index contributed by atoms with van der Waals surface area (Å²) in [4.78, 5) is 28.6. The summed E-state index contributed by atoms with van der Waals surface area (Å²) in [6, 6.07) is 9.07. The lowest BCUT2D eigenvalue weighted by molar-refractivity contribution is 0.1000. The zero-order chi connectivity index (χ0) is 24.1. The second kappa shape index (κ2) is 10.2. The van der Waals surface area contributed by atoms with Crippen LogP contribution in [0.1, 0.15) is 23.7 Å². The molecule has 0 atom stereocenters. The van der Waals surface area contributed by atoms with Crippen LogP contribution in [-0.2, 0) is 11.3 Å². The van der Waals surface area contributed by atoms with E-state index in [4.69, 9.17) is 19.9 Å². The van der Waals surface area contributed by atoms with Gasteiger partial charge < -0.3 is 24.8 Å². The Hall–Kier alpha value is -4.15. The highest BCUT2D eigenvalue weighted by molar-refractivity contribution is 5.92. The summed E-state index contributed by atoms with van der Waals surface area (Å²) in [5, 5.41) is 4.31. The minimum absolute atomic E-state index is 0.0539. The van der Waals surface area contributed by atoms with Crippen molar-refractivity contribution in [1.29, 1.82) is 0 Å². The van der Waals surface area contributed by atoms with Gasteiger partial charge >= 0.3 is 6.09 Å². The number of ether oxygens (including phenoxy) is 3. The van der Waals surface area contributed by atoms with Crippen LogP contribution in [0.2, 0.25) is 0 Å². The van der Waals surface area contributed by atoms with Crippen LogP contribution in [0.25, 0.3) is 11.4 Å². The Morgan fingerprint density at radius 2 is 1.97 bits per heavy atom. The van der Waals surface area contributed by atoms with Crippen LogP contribution >= 0.6 is 0 Å². The molecule has 4 rings (SSSR count). The molecule has 0 unspecified atom stereocenters. The molecule has 0 aliphatic carbocycles. The fourth-order valence-corrected chi connectivity index (χ4v) is 3.39. The van der Waals surface area contributed by atoms with Crippen molar-refractivity contribution in [2.75, 3.05) is 26.3 Å². The van der Waals surface area contributed by atoms with Crippen molar-refractivity contribution in [1.82, 2.24) is 19.7 Å². The predicted molar refractivity (Wildman–Crippen MR) is 119 cm³/mol. The van der Waals surface area contributed by atoms with Gasteiger partial charge in [0.25, 0.3) is 0 Å².